The molecule has 2 aromatic heterocycles. The second-order valence-electron chi connectivity index (χ2n) is 4.84. The van der Waals surface area contributed by atoms with E-state index in [-0.39, 0.29) is 6.04 Å². The molecule has 0 saturated carbocycles. The second-order valence-corrected chi connectivity index (χ2v) is 6.01. The van der Waals surface area contributed by atoms with Crippen molar-refractivity contribution in [1.29, 1.82) is 0 Å². The largest absolute Gasteiger partial charge is 0.493 e. The van der Waals surface area contributed by atoms with Crippen molar-refractivity contribution in [2.24, 2.45) is 5.73 Å². The van der Waals surface area contributed by atoms with E-state index < -0.39 is 0 Å². The maximum Gasteiger partial charge on any atom is 0.161 e. The Morgan fingerprint density at radius 3 is 3.05 bits per heavy atom. The van der Waals surface area contributed by atoms with E-state index in [4.69, 9.17) is 10.5 Å². The van der Waals surface area contributed by atoms with Crippen molar-refractivity contribution in [2.45, 2.75) is 38.8 Å². The van der Waals surface area contributed by atoms with Gasteiger partial charge in [-0.3, -0.25) is 4.68 Å². The Balaban J connectivity index is 1.98. The minimum absolute atomic E-state index is 0.145. The van der Waals surface area contributed by atoms with Gasteiger partial charge in [0.1, 0.15) is 5.69 Å². The monoisotopic (exact) mass is 277 g/mol. The van der Waals surface area contributed by atoms with E-state index in [1.165, 1.54) is 34.6 Å². The third kappa shape index (κ3) is 2.07. The van der Waals surface area contributed by atoms with E-state index >= 15 is 0 Å². The van der Waals surface area contributed by atoms with Crippen LogP contribution in [0.25, 0.3) is 0 Å². The molecule has 3 rings (SSSR count). The van der Waals surface area contributed by atoms with Crippen LogP contribution >= 0.6 is 11.3 Å². The number of hydrogen-bond donors (Lipinski definition) is 1. The molecule has 19 heavy (non-hydrogen) atoms. The van der Waals surface area contributed by atoms with E-state index in [0.717, 1.165) is 18.0 Å². The number of nitrogens with zero attached hydrogens (tertiary/aromatic N) is 2. The molecular formula is C14H19N3OS. The fourth-order valence-corrected chi connectivity index (χ4v) is 4.00. The van der Waals surface area contributed by atoms with Crippen LogP contribution in [0, 0.1) is 0 Å². The summed E-state index contributed by atoms with van der Waals surface area (Å²) in [6.45, 7) is 2.87. The third-order valence-electron chi connectivity index (χ3n) is 3.73. The average molecular weight is 277 g/mol. The SMILES string of the molecule is CCn1ncc(OC)c1C(N)c1cc2c(s1)CCC2. The summed E-state index contributed by atoms with van der Waals surface area (Å²) < 4.78 is 7.31. The highest BCUT2D eigenvalue weighted by Gasteiger charge is 2.24. The highest BCUT2D eigenvalue weighted by molar-refractivity contribution is 7.12. The first-order chi connectivity index (χ1) is 9.24. The zero-order chi connectivity index (χ0) is 13.4. The van der Waals surface area contributed by atoms with Gasteiger partial charge in [-0.2, -0.15) is 5.10 Å². The molecule has 1 aliphatic rings. The Morgan fingerprint density at radius 1 is 1.53 bits per heavy atom. The van der Waals surface area contributed by atoms with E-state index in [9.17, 15) is 0 Å². The molecule has 0 fully saturated rings. The van der Waals surface area contributed by atoms with Crippen LogP contribution in [0.5, 0.6) is 5.75 Å². The van der Waals surface area contributed by atoms with Crippen molar-refractivity contribution in [1.82, 2.24) is 9.78 Å². The average Bonchev–Trinajstić information content (AvgIpc) is 3.10. The molecule has 0 spiro atoms. The predicted molar refractivity (Wildman–Crippen MR) is 76.8 cm³/mol. The summed E-state index contributed by atoms with van der Waals surface area (Å²) in [5, 5.41) is 4.33. The highest BCUT2D eigenvalue weighted by atomic mass is 32.1. The molecule has 1 atom stereocenters. The van der Waals surface area contributed by atoms with Crippen molar-refractivity contribution in [2.75, 3.05) is 7.11 Å². The summed E-state index contributed by atoms with van der Waals surface area (Å²) in [4.78, 5) is 2.73. The maximum atomic E-state index is 6.44. The van der Waals surface area contributed by atoms with E-state index in [0.29, 0.717) is 0 Å². The van der Waals surface area contributed by atoms with Crippen LogP contribution in [0.15, 0.2) is 12.3 Å². The van der Waals surface area contributed by atoms with Crippen LogP contribution in [0.4, 0.5) is 0 Å². The summed E-state index contributed by atoms with van der Waals surface area (Å²) in [7, 11) is 1.67. The van der Waals surface area contributed by atoms with E-state index in [2.05, 4.69) is 18.1 Å². The van der Waals surface area contributed by atoms with Gasteiger partial charge in [0.15, 0.2) is 5.75 Å². The molecule has 1 unspecified atom stereocenters. The number of fused-ring (bicyclic) bond motifs is 1. The number of aromatic nitrogens is 2. The van der Waals surface area contributed by atoms with Gasteiger partial charge >= 0.3 is 0 Å². The fraction of sp³-hybridized carbons (Fsp3) is 0.500. The molecule has 0 aromatic carbocycles. The van der Waals surface area contributed by atoms with Crippen LogP contribution in [0.1, 0.15) is 40.4 Å². The van der Waals surface area contributed by atoms with Crippen molar-refractivity contribution in [3.05, 3.63) is 33.3 Å². The molecule has 0 amide bonds. The fourth-order valence-electron chi connectivity index (χ4n) is 2.74. The van der Waals surface area contributed by atoms with Crippen molar-refractivity contribution in [3.63, 3.8) is 0 Å². The molecule has 102 valence electrons. The standard InChI is InChI=1S/C14H19N3OS/c1-3-17-14(10(18-2)8-16-17)13(15)12-7-9-5-4-6-11(9)19-12/h7-8,13H,3-6,15H2,1-2H3. The van der Waals surface area contributed by atoms with Gasteiger partial charge in [0.2, 0.25) is 0 Å². The van der Waals surface area contributed by atoms with Crippen molar-refractivity contribution < 1.29 is 4.74 Å². The minimum atomic E-state index is -0.145. The topological polar surface area (TPSA) is 53.1 Å². The predicted octanol–water partition coefficient (Wildman–Crippen LogP) is 2.51. The van der Waals surface area contributed by atoms with Crippen LogP contribution in [0.3, 0.4) is 0 Å². The van der Waals surface area contributed by atoms with E-state index in [1.807, 2.05) is 16.0 Å². The zero-order valence-corrected chi connectivity index (χ0v) is 12.2. The normalized spacial score (nSPS) is 15.5. The molecule has 2 heterocycles. The van der Waals surface area contributed by atoms with Gasteiger partial charge in [0.05, 0.1) is 19.3 Å². The first-order valence-electron chi connectivity index (χ1n) is 6.71. The van der Waals surface area contributed by atoms with Gasteiger partial charge in [-0.25, -0.2) is 0 Å². The number of aryl methyl sites for hydroxylation is 3. The highest BCUT2D eigenvalue weighted by Crippen LogP contribution is 2.37. The Hall–Kier alpha value is -1.33. The number of ether oxygens (including phenoxy) is 1. The number of hydrogen-bond acceptors (Lipinski definition) is 4. The summed E-state index contributed by atoms with van der Waals surface area (Å²) in [6.07, 6.45) is 5.44. The summed E-state index contributed by atoms with van der Waals surface area (Å²) >= 11 is 1.85. The molecule has 2 N–H and O–H groups in total. The lowest BCUT2D eigenvalue weighted by Crippen LogP contribution is -2.17. The third-order valence-corrected chi connectivity index (χ3v) is 5.05. The van der Waals surface area contributed by atoms with Crippen molar-refractivity contribution in [3.8, 4) is 5.75 Å². The maximum absolute atomic E-state index is 6.44. The Kier molecular flexibility index (Phi) is 3.33. The van der Waals surface area contributed by atoms with Crippen LogP contribution in [0.2, 0.25) is 0 Å². The van der Waals surface area contributed by atoms with Gasteiger partial charge in [-0.1, -0.05) is 0 Å². The van der Waals surface area contributed by atoms with Gasteiger partial charge in [0.25, 0.3) is 0 Å². The van der Waals surface area contributed by atoms with Crippen molar-refractivity contribution >= 4 is 11.3 Å². The first-order valence-corrected chi connectivity index (χ1v) is 7.53. The number of thiophene rings is 1. The second kappa shape index (κ2) is 4.98. The van der Waals surface area contributed by atoms with Gasteiger partial charge in [-0.15, -0.1) is 11.3 Å². The summed E-state index contributed by atoms with van der Waals surface area (Å²) in [5.74, 6) is 0.780. The number of nitrogens with two attached hydrogens (primary N) is 1. The number of methoxy groups -OCH3 is 1. The number of rotatable bonds is 4. The zero-order valence-electron chi connectivity index (χ0n) is 11.3. The molecular weight excluding hydrogens is 258 g/mol. The van der Waals surface area contributed by atoms with Crippen LogP contribution in [-0.4, -0.2) is 16.9 Å². The van der Waals surface area contributed by atoms with E-state index in [1.54, 1.807) is 13.3 Å². The lowest BCUT2D eigenvalue weighted by atomic mass is 10.1. The Labute approximate surface area is 117 Å². The quantitative estimate of drug-likeness (QED) is 0.934. The Bertz CT molecular complexity index is 545. The molecule has 2 aromatic rings. The van der Waals surface area contributed by atoms with Gasteiger partial charge in [0, 0.05) is 16.3 Å². The van der Waals surface area contributed by atoms with Gasteiger partial charge < -0.3 is 10.5 Å². The molecule has 1 aliphatic carbocycles. The molecule has 0 bridgehead atoms. The smallest absolute Gasteiger partial charge is 0.161 e. The van der Waals surface area contributed by atoms with Gasteiger partial charge in [-0.05, 0) is 37.8 Å². The molecule has 5 heteroatoms. The molecule has 0 aliphatic heterocycles. The molecule has 0 radical (unpaired) electrons. The van der Waals surface area contributed by atoms with Crippen LogP contribution < -0.4 is 10.5 Å². The minimum Gasteiger partial charge on any atom is -0.493 e. The summed E-state index contributed by atoms with van der Waals surface area (Å²) in [5.41, 5.74) is 8.90. The molecule has 4 nitrogen and oxygen atoms in total. The van der Waals surface area contributed by atoms with Crippen LogP contribution in [-0.2, 0) is 19.4 Å². The molecule has 0 saturated heterocycles. The first kappa shape index (κ1) is 12.7. The lowest BCUT2D eigenvalue weighted by Gasteiger charge is -2.13. The summed E-state index contributed by atoms with van der Waals surface area (Å²) in [6, 6.07) is 2.12. The Morgan fingerprint density at radius 2 is 2.37 bits per heavy atom. The lowest BCUT2D eigenvalue weighted by molar-refractivity contribution is 0.405.